The van der Waals surface area contributed by atoms with Crippen LogP contribution in [0.4, 0.5) is 5.69 Å². The number of benzene rings is 1. The summed E-state index contributed by atoms with van der Waals surface area (Å²) in [5.74, 6) is -0.921. The van der Waals surface area contributed by atoms with Crippen LogP contribution < -0.4 is 0 Å². The van der Waals surface area contributed by atoms with E-state index in [0.717, 1.165) is 0 Å². The molecule has 0 aliphatic rings. The van der Waals surface area contributed by atoms with E-state index in [0.29, 0.717) is 22.6 Å². The van der Waals surface area contributed by atoms with Gasteiger partial charge in [-0.15, -0.1) is 4.91 Å². The van der Waals surface area contributed by atoms with E-state index in [4.69, 9.17) is 0 Å². The lowest BCUT2D eigenvalue weighted by atomic mass is 10.0. The molecule has 0 aromatic heterocycles. The molecule has 0 unspecified atom stereocenters. The molecule has 5 heteroatoms. The summed E-state index contributed by atoms with van der Waals surface area (Å²) in [4.78, 5) is 31.4. The molecule has 1 aromatic rings. The molecular weight excluding hydrogens is 250 g/mol. The van der Waals surface area contributed by atoms with E-state index in [1.54, 1.807) is 6.07 Å². The van der Waals surface area contributed by atoms with Crippen LogP contribution in [-0.2, 0) is 9.59 Å². The molecule has 1 rings (SSSR count). The van der Waals surface area contributed by atoms with Crippen molar-refractivity contribution in [2.24, 2.45) is 5.18 Å². The third-order valence-corrected chi connectivity index (χ3v) is 2.24. The Balaban J connectivity index is 3.25. The van der Waals surface area contributed by atoms with Gasteiger partial charge in [0.15, 0.2) is 0 Å². The van der Waals surface area contributed by atoms with Gasteiger partial charge in [-0.1, -0.05) is 22.0 Å². The highest BCUT2D eigenvalue weighted by Gasteiger charge is 2.14. The molecule has 0 aliphatic carbocycles. The quantitative estimate of drug-likeness (QED) is 0.471. The Morgan fingerprint density at radius 3 is 2.43 bits per heavy atom. The van der Waals surface area contributed by atoms with Gasteiger partial charge in [-0.3, -0.25) is 0 Å². The molecular formula is C9H6BrNO3. The Bertz CT molecular complexity index is 370. The van der Waals surface area contributed by atoms with Crippen LogP contribution in [0.1, 0.15) is 11.5 Å². The van der Waals surface area contributed by atoms with Crippen molar-refractivity contribution in [2.45, 2.75) is 5.92 Å². The van der Waals surface area contributed by atoms with Gasteiger partial charge in [0.25, 0.3) is 0 Å². The van der Waals surface area contributed by atoms with Gasteiger partial charge in [0.1, 0.15) is 18.3 Å². The number of aldehydes is 2. The summed E-state index contributed by atoms with van der Waals surface area (Å²) < 4.78 is 0.673. The van der Waals surface area contributed by atoms with Crippen LogP contribution >= 0.6 is 15.9 Å². The van der Waals surface area contributed by atoms with Crippen LogP contribution in [0.5, 0.6) is 0 Å². The summed E-state index contributed by atoms with van der Waals surface area (Å²) in [6.07, 6.45) is 0.954. The zero-order valence-electron chi connectivity index (χ0n) is 7.01. The first-order valence-corrected chi connectivity index (χ1v) is 4.55. The van der Waals surface area contributed by atoms with Gasteiger partial charge in [-0.05, 0) is 22.9 Å². The summed E-state index contributed by atoms with van der Waals surface area (Å²) in [5.41, 5.74) is 0.428. The maximum atomic E-state index is 10.5. The van der Waals surface area contributed by atoms with Crippen molar-refractivity contribution in [3.05, 3.63) is 33.1 Å². The first-order chi connectivity index (χ1) is 6.72. The van der Waals surface area contributed by atoms with Gasteiger partial charge < -0.3 is 9.59 Å². The van der Waals surface area contributed by atoms with E-state index in [-0.39, 0.29) is 5.69 Å². The van der Waals surface area contributed by atoms with Gasteiger partial charge in [-0.2, -0.15) is 0 Å². The maximum Gasteiger partial charge on any atom is 0.134 e. The van der Waals surface area contributed by atoms with E-state index < -0.39 is 5.92 Å². The van der Waals surface area contributed by atoms with Crippen LogP contribution in [0.3, 0.4) is 0 Å². The van der Waals surface area contributed by atoms with E-state index in [1.807, 2.05) is 0 Å². The molecule has 0 atom stereocenters. The largest absolute Gasteiger partial charge is 0.302 e. The average molecular weight is 256 g/mol. The Morgan fingerprint density at radius 2 is 1.93 bits per heavy atom. The van der Waals surface area contributed by atoms with Crippen molar-refractivity contribution >= 4 is 34.2 Å². The fourth-order valence-corrected chi connectivity index (χ4v) is 1.41. The van der Waals surface area contributed by atoms with Crippen LogP contribution in [-0.4, -0.2) is 12.6 Å². The molecule has 0 N–H and O–H groups in total. The second-order valence-corrected chi connectivity index (χ2v) is 3.51. The Kier molecular flexibility index (Phi) is 3.64. The third-order valence-electron chi connectivity index (χ3n) is 1.74. The first-order valence-electron chi connectivity index (χ1n) is 3.76. The number of rotatable bonds is 4. The SMILES string of the molecule is O=CC(C=O)c1ccc(Br)cc1N=O. The minimum Gasteiger partial charge on any atom is -0.302 e. The monoisotopic (exact) mass is 255 g/mol. The molecule has 0 spiro atoms. The van der Waals surface area contributed by atoms with Crippen molar-refractivity contribution < 1.29 is 9.59 Å². The van der Waals surface area contributed by atoms with E-state index in [2.05, 4.69) is 21.1 Å². The fourth-order valence-electron chi connectivity index (χ4n) is 1.06. The molecule has 0 heterocycles. The highest BCUT2D eigenvalue weighted by atomic mass is 79.9. The predicted molar refractivity (Wildman–Crippen MR) is 54.5 cm³/mol. The van der Waals surface area contributed by atoms with E-state index >= 15 is 0 Å². The minimum absolute atomic E-state index is 0.101. The highest BCUT2D eigenvalue weighted by Crippen LogP contribution is 2.28. The molecule has 1 aromatic carbocycles. The molecule has 0 saturated heterocycles. The van der Waals surface area contributed by atoms with E-state index in [1.165, 1.54) is 12.1 Å². The highest BCUT2D eigenvalue weighted by molar-refractivity contribution is 9.10. The van der Waals surface area contributed by atoms with Crippen LogP contribution in [0.25, 0.3) is 0 Å². The summed E-state index contributed by atoms with van der Waals surface area (Å²) in [7, 11) is 0. The number of halogens is 1. The lowest BCUT2D eigenvalue weighted by Gasteiger charge is -2.04. The van der Waals surface area contributed by atoms with Gasteiger partial charge >= 0.3 is 0 Å². The Labute approximate surface area is 88.4 Å². The van der Waals surface area contributed by atoms with Crippen molar-refractivity contribution in [1.82, 2.24) is 0 Å². The molecule has 0 bridgehead atoms. The second-order valence-electron chi connectivity index (χ2n) is 2.59. The molecule has 0 amide bonds. The number of carbonyl (C=O) groups is 2. The Morgan fingerprint density at radius 1 is 1.29 bits per heavy atom. The summed E-state index contributed by atoms with van der Waals surface area (Å²) in [6, 6.07) is 4.63. The Hall–Kier alpha value is -1.36. The number of hydrogen-bond acceptors (Lipinski definition) is 4. The van der Waals surface area contributed by atoms with Gasteiger partial charge in [-0.25, -0.2) is 0 Å². The first kappa shape index (κ1) is 10.7. The second kappa shape index (κ2) is 4.76. The van der Waals surface area contributed by atoms with E-state index in [9.17, 15) is 14.5 Å². The van der Waals surface area contributed by atoms with Crippen LogP contribution in [0.15, 0.2) is 27.8 Å². The zero-order chi connectivity index (χ0) is 10.6. The van der Waals surface area contributed by atoms with Gasteiger partial charge in [0, 0.05) is 4.47 Å². The number of hydrogen-bond donors (Lipinski definition) is 0. The molecule has 0 saturated carbocycles. The number of nitroso groups, excluding NO2 is 1. The lowest BCUT2D eigenvalue weighted by molar-refractivity contribution is -0.116. The van der Waals surface area contributed by atoms with Crippen LogP contribution in [0, 0.1) is 4.91 Å². The third kappa shape index (κ3) is 2.11. The minimum atomic E-state index is -0.921. The number of carbonyl (C=O) groups excluding carboxylic acids is 2. The topological polar surface area (TPSA) is 63.6 Å². The molecule has 0 aliphatic heterocycles. The summed E-state index contributed by atoms with van der Waals surface area (Å²) in [6.45, 7) is 0. The number of nitrogens with zero attached hydrogens (tertiary/aromatic N) is 1. The summed E-state index contributed by atoms with van der Waals surface area (Å²) >= 11 is 3.15. The lowest BCUT2D eigenvalue weighted by Crippen LogP contribution is -2.01. The smallest absolute Gasteiger partial charge is 0.134 e. The van der Waals surface area contributed by atoms with Crippen molar-refractivity contribution in [3.63, 3.8) is 0 Å². The van der Waals surface area contributed by atoms with Crippen LogP contribution in [0.2, 0.25) is 0 Å². The average Bonchev–Trinajstić information content (AvgIpc) is 2.21. The van der Waals surface area contributed by atoms with Gasteiger partial charge in [0.2, 0.25) is 0 Å². The van der Waals surface area contributed by atoms with Crippen molar-refractivity contribution in [1.29, 1.82) is 0 Å². The van der Waals surface area contributed by atoms with Crippen molar-refractivity contribution in [3.8, 4) is 0 Å². The predicted octanol–water partition coefficient (Wildman–Crippen LogP) is 2.33. The fraction of sp³-hybridized carbons (Fsp3) is 0.111. The van der Waals surface area contributed by atoms with Crippen molar-refractivity contribution in [2.75, 3.05) is 0 Å². The normalized spacial score (nSPS) is 9.86. The standard InChI is InChI=1S/C9H6BrNO3/c10-7-1-2-8(6(4-12)5-13)9(3-7)11-14/h1-6H. The molecule has 0 radical (unpaired) electrons. The maximum absolute atomic E-state index is 10.5. The molecule has 0 fully saturated rings. The molecule has 4 nitrogen and oxygen atoms in total. The molecule has 14 heavy (non-hydrogen) atoms. The molecule has 72 valence electrons. The van der Waals surface area contributed by atoms with Gasteiger partial charge in [0.05, 0.1) is 5.92 Å². The zero-order valence-corrected chi connectivity index (χ0v) is 8.60. The summed E-state index contributed by atoms with van der Waals surface area (Å²) in [5, 5.41) is 2.75.